The number of nitrogens with zero attached hydrogens (tertiary/aromatic N) is 2. The number of carbonyl (C=O) groups is 2. The lowest BCUT2D eigenvalue weighted by Crippen LogP contribution is -2.23. The van der Waals surface area contributed by atoms with E-state index >= 15 is 0 Å². The van der Waals surface area contributed by atoms with E-state index in [4.69, 9.17) is 11.6 Å². The molecular formula is C25H20ClFN4O3. The number of hydrogen-bond donors (Lipinski definition) is 2. The van der Waals surface area contributed by atoms with Crippen LogP contribution in [0.2, 0.25) is 5.02 Å². The van der Waals surface area contributed by atoms with Gasteiger partial charge in [-0.15, -0.1) is 0 Å². The number of amides is 2. The Hall–Kier alpha value is -4.17. The van der Waals surface area contributed by atoms with Gasteiger partial charge in [0.2, 0.25) is 0 Å². The molecule has 0 spiro atoms. The Morgan fingerprint density at radius 1 is 0.912 bits per heavy atom. The average Bonchev–Trinajstić information content (AvgIpc) is 3.04. The highest BCUT2D eigenvalue weighted by Crippen LogP contribution is 2.19. The van der Waals surface area contributed by atoms with Crippen LogP contribution in [-0.4, -0.2) is 21.2 Å². The van der Waals surface area contributed by atoms with Gasteiger partial charge in [0.1, 0.15) is 11.5 Å². The monoisotopic (exact) mass is 478 g/mol. The maximum absolute atomic E-state index is 14.0. The van der Waals surface area contributed by atoms with Crippen LogP contribution in [0.3, 0.4) is 0 Å². The van der Waals surface area contributed by atoms with E-state index in [0.717, 1.165) is 6.07 Å². The first-order valence-corrected chi connectivity index (χ1v) is 10.7. The molecule has 4 aromatic rings. The molecule has 3 aromatic carbocycles. The molecule has 172 valence electrons. The van der Waals surface area contributed by atoms with Crippen molar-refractivity contribution in [2.75, 3.05) is 10.6 Å². The van der Waals surface area contributed by atoms with Gasteiger partial charge in [0.25, 0.3) is 17.4 Å². The summed E-state index contributed by atoms with van der Waals surface area (Å²) < 4.78 is 17.1. The van der Waals surface area contributed by atoms with E-state index in [9.17, 15) is 18.8 Å². The summed E-state index contributed by atoms with van der Waals surface area (Å²) in [4.78, 5) is 38.4. The number of carbonyl (C=O) groups excluding carboxylic acids is 2. The van der Waals surface area contributed by atoms with Gasteiger partial charge < -0.3 is 10.6 Å². The van der Waals surface area contributed by atoms with E-state index in [-0.39, 0.29) is 33.1 Å². The van der Waals surface area contributed by atoms with Crippen molar-refractivity contribution in [3.8, 4) is 5.69 Å². The summed E-state index contributed by atoms with van der Waals surface area (Å²) in [6.45, 7) is 1.73. The smallest absolute Gasteiger partial charge is 0.295 e. The Balaban J connectivity index is 1.57. The molecule has 34 heavy (non-hydrogen) atoms. The summed E-state index contributed by atoms with van der Waals surface area (Å²) in [6, 6.07) is 18.8. The fourth-order valence-corrected chi connectivity index (χ4v) is 3.68. The van der Waals surface area contributed by atoms with Crippen LogP contribution in [0.15, 0.2) is 77.6 Å². The number of hydrogen-bond acceptors (Lipinski definition) is 3. The lowest BCUT2D eigenvalue weighted by molar-refractivity contribution is 0.101. The van der Waals surface area contributed by atoms with Crippen LogP contribution in [0.4, 0.5) is 15.8 Å². The van der Waals surface area contributed by atoms with Crippen LogP contribution in [0.5, 0.6) is 0 Å². The van der Waals surface area contributed by atoms with Gasteiger partial charge in [-0.05, 0) is 55.5 Å². The third kappa shape index (κ3) is 4.49. The first-order chi connectivity index (χ1) is 16.3. The summed E-state index contributed by atoms with van der Waals surface area (Å²) in [7, 11) is 1.73. The molecule has 9 heteroatoms. The maximum Gasteiger partial charge on any atom is 0.295 e. The molecule has 0 aliphatic carbocycles. The number of benzene rings is 3. The molecule has 1 aromatic heterocycles. The Labute approximate surface area is 199 Å². The van der Waals surface area contributed by atoms with Crippen molar-refractivity contribution in [1.82, 2.24) is 9.36 Å². The molecule has 7 nitrogen and oxygen atoms in total. The van der Waals surface area contributed by atoms with Crippen LogP contribution in [-0.2, 0) is 7.05 Å². The average molecular weight is 479 g/mol. The van der Waals surface area contributed by atoms with Crippen LogP contribution in [0, 0.1) is 12.7 Å². The van der Waals surface area contributed by atoms with E-state index in [1.54, 1.807) is 49.0 Å². The van der Waals surface area contributed by atoms with Gasteiger partial charge in [0.05, 0.1) is 16.9 Å². The Morgan fingerprint density at radius 2 is 1.65 bits per heavy atom. The first kappa shape index (κ1) is 23.0. The molecule has 0 saturated carbocycles. The second-order valence-electron chi connectivity index (χ2n) is 7.55. The van der Waals surface area contributed by atoms with Crippen molar-refractivity contribution < 1.29 is 14.0 Å². The molecule has 0 aliphatic rings. The van der Waals surface area contributed by atoms with Gasteiger partial charge in [0, 0.05) is 23.3 Å². The number of para-hydroxylation sites is 1. The fraction of sp³-hybridized carbons (Fsp3) is 0.0800. The summed E-state index contributed by atoms with van der Waals surface area (Å²) in [5.41, 5.74) is 1.28. The van der Waals surface area contributed by atoms with E-state index in [1.807, 2.05) is 18.2 Å². The lowest BCUT2D eigenvalue weighted by atomic mass is 10.1. The number of rotatable bonds is 5. The second-order valence-corrected chi connectivity index (χ2v) is 7.99. The molecule has 0 aliphatic heterocycles. The number of nitrogens with one attached hydrogen (secondary N) is 2. The number of anilines is 2. The topological polar surface area (TPSA) is 85.1 Å². The van der Waals surface area contributed by atoms with E-state index in [0.29, 0.717) is 11.4 Å². The third-order valence-electron chi connectivity index (χ3n) is 5.35. The molecule has 0 saturated heterocycles. The van der Waals surface area contributed by atoms with Crippen LogP contribution < -0.4 is 16.2 Å². The van der Waals surface area contributed by atoms with Crippen molar-refractivity contribution >= 4 is 34.8 Å². The van der Waals surface area contributed by atoms with Crippen LogP contribution in [0.25, 0.3) is 5.69 Å². The third-order valence-corrected chi connectivity index (χ3v) is 5.58. The van der Waals surface area contributed by atoms with Gasteiger partial charge >= 0.3 is 0 Å². The highest BCUT2D eigenvalue weighted by Gasteiger charge is 2.19. The van der Waals surface area contributed by atoms with Gasteiger partial charge in [-0.1, -0.05) is 35.9 Å². The minimum atomic E-state index is -0.718. The van der Waals surface area contributed by atoms with E-state index in [2.05, 4.69) is 10.6 Å². The van der Waals surface area contributed by atoms with E-state index in [1.165, 1.54) is 22.9 Å². The summed E-state index contributed by atoms with van der Waals surface area (Å²) in [5, 5.41) is 5.45. The molecular weight excluding hydrogens is 459 g/mol. The first-order valence-electron chi connectivity index (χ1n) is 10.3. The zero-order valence-corrected chi connectivity index (χ0v) is 19.1. The van der Waals surface area contributed by atoms with Gasteiger partial charge in [-0.2, -0.15) is 0 Å². The molecule has 4 rings (SSSR count). The van der Waals surface area contributed by atoms with Crippen molar-refractivity contribution in [3.63, 3.8) is 0 Å². The largest absolute Gasteiger partial charge is 0.322 e. The summed E-state index contributed by atoms with van der Waals surface area (Å²) in [6.07, 6.45) is 0. The predicted molar refractivity (Wildman–Crippen MR) is 130 cm³/mol. The molecule has 0 atom stereocenters. The quantitative estimate of drug-likeness (QED) is 0.433. The zero-order chi connectivity index (χ0) is 24.4. The van der Waals surface area contributed by atoms with Crippen LogP contribution in [0.1, 0.15) is 26.4 Å². The Kier molecular flexibility index (Phi) is 6.34. The standard InChI is InChI=1S/C25H20ClFN4O3/c1-15-22(25(34)31(30(15)2)19-9-4-3-5-10-19)29-23(32)16-7-6-8-18(13-16)28-24(33)20-14-17(26)11-12-21(20)27/h3-14H,1-2H3,(H,28,33)(H,29,32). The van der Waals surface area contributed by atoms with Gasteiger partial charge in [-0.25, -0.2) is 9.07 Å². The highest BCUT2D eigenvalue weighted by atomic mass is 35.5. The maximum atomic E-state index is 14.0. The molecule has 0 bridgehead atoms. The molecule has 2 N–H and O–H groups in total. The second kappa shape index (κ2) is 9.36. The summed E-state index contributed by atoms with van der Waals surface area (Å²) in [5.74, 6) is -1.96. The lowest BCUT2D eigenvalue weighted by Gasteiger charge is -2.09. The number of aromatic nitrogens is 2. The zero-order valence-electron chi connectivity index (χ0n) is 18.3. The van der Waals surface area contributed by atoms with Crippen molar-refractivity contribution in [2.45, 2.75) is 6.92 Å². The Morgan fingerprint density at radius 3 is 2.38 bits per heavy atom. The molecule has 2 amide bonds. The Bertz CT molecular complexity index is 1460. The fourth-order valence-electron chi connectivity index (χ4n) is 3.51. The van der Waals surface area contributed by atoms with Crippen molar-refractivity contribution in [2.24, 2.45) is 7.05 Å². The molecule has 0 fully saturated rings. The highest BCUT2D eigenvalue weighted by molar-refractivity contribution is 6.31. The minimum absolute atomic E-state index is 0.145. The molecule has 0 radical (unpaired) electrons. The van der Waals surface area contributed by atoms with Crippen molar-refractivity contribution in [1.29, 1.82) is 0 Å². The molecule has 0 unspecified atom stereocenters. The molecule has 1 heterocycles. The summed E-state index contributed by atoms with van der Waals surface area (Å²) >= 11 is 5.86. The SMILES string of the molecule is Cc1c(NC(=O)c2cccc(NC(=O)c3cc(Cl)ccc3F)c2)c(=O)n(-c2ccccc2)n1C. The van der Waals surface area contributed by atoms with Gasteiger partial charge in [0.15, 0.2) is 0 Å². The normalized spacial score (nSPS) is 10.7. The predicted octanol–water partition coefficient (Wildman–Crippen LogP) is 4.78. The number of halogens is 2. The van der Waals surface area contributed by atoms with Gasteiger partial charge in [-0.3, -0.25) is 19.1 Å². The van der Waals surface area contributed by atoms with Crippen LogP contribution >= 0.6 is 11.6 Å². The van der Waals surface area contributed by atoms with E-state index < -0.39 is 17.6 Å². The minimum Gasteiger partial charge on any atom is -0.322 e. The van der Waals surface area contributed by atoms with Crippen molar-refractivity contribution in [3.05, 3.63) is 111 Å².